The summed E-state index contributed by atoms with van der Waals surface area (Å²) in [5.74, 6) is 1.54. The molecule has 0 saturated heterocycles. The van der Waals surface area contributed by atoms with Crippen LogP contribution in [0.2, 0.25) is 0 Å². The van der Waals surface area contributed by atoms with E-state index in [0.29, 0.717) is 13.2 Å². The van der Waals surface area contributed by atoms with Crippen molar-refractivity contribution in [2.45, 2.75) is 6.92 Å². The highest BCUT2D eigenvalue weighted by Gasteiger charge is 2.15. The maximum absolute atomic E-state index is 5.49. The molecule has 3 nitrogen and oxygen atoms in total. The first-order valence-corrected chi connectivity index (χ1v) is 4.71. The van der Waals surface area contributed by atoms with Crippen molar-refractivity contribution in [2.24, 2.45) is 4.99 Å². The van der Waals surface area contributed by atoms with Crippen molar-refractivity contribution < 1.29 is 9.47 Å². The van der Waals surface area contributed by atoms with E-state index in [2.05, 4.69) is 22.4 Å². The second kappa shape index (κ2) is 3.78. The van der Waals surface area contributed by atoms with Gasteiger partial charge in [-0.15, -0.1) is 0 Å². The fourth-order valence-corrected chi connectivity index (χ4v) is 1.51. The van der Waals surface area contributed by atoms with Gasteiger partial charge in [0.1, 0.15) is 13.2 Å². The zero-order chi connectivity index (χ0) is 9.97. The van der Waals surface area contributed by atoms with Crippen LogP contribution < -0.4 is 9.47 Å². The molecular formula is C10H9NO2S. The molecule has 0 amide bonds. The zero-order valence-electron chi connectivity index (χ0n) is 7.74. The lowest BCUT2D eigenvalue weighted by Crippen LogP contribution is -2.15. The van der Waals surface area contributed by atoms with Gasteiger partial charge in [-0.2, -0.15) is 4.99 Å². The summed E-state index contributed by atoms with van der Waals surface area (Å²) < 4.78 is 10.9. The number of hydrogen-bond acceptors (Lipinski definition) is 4. The molecule has 2 rings (SSSR count). The highest BCUT2D eigenvalue weighted by molar-refractivity contribution is 7.78. The van der Waals surface area contributed by atoms with Crippen molar-refractivity contribution in [3.63, 3.8) is 0 Å². The Morgan fingerprint density at radius 2 is 2.14 bits per heavy atom. The molecule has 4 heteroatoms. The van der Waals surface area contributed by atoms with Crippen molar-refractivity contribution in [3.8, 4) is 11.5 Å². The van der Waals surface area contributed by atoms with Crippen LogP contribution in [0.5, 0.6) is 11.5 Å². The molecule has 0 fully saturated rings. The van der Waals surface area contributed by atoms with Crippen molar-refractivity contribution in [1.82, 2.24) is 0 Å². The molecule has 0 bridgehead atoms. The molecular weight excluding hydrogens is 198 g/mol. The minimum atomic E-state index is 0.582. The number of hydrogen-bond donors (Lipinski definition) is 0. The largest absolute Gasteiger partial charge is 0.486 e. The second-order valence-corrected chi connectivity index (χ2v) is 3.12. The number of benzene rings is 1. The summed E-state index contributed by atoms with van der Waals surface area (Å²) in [6, 6.07) is 3.69. The Morgan fingerprint density at radius 3 is 2.93 bits per heavy atom. The SMILES string of the molecule is Cc1c(N=C=S)ccc2c1OCCO2. The number of ether oxygens (including phenoxy) is 2. The van der Waals surface area contributed by atoms with Crippen molar-refractivity contribution >= 4 is 23.1 Å². The highest BCUT2D eigenvalue weighted by Crippen LogP contribution is 2.38. The van der Waals surface area contributed by atoms with Crippen LogP contribution in [0.25, 0.3) is 0 Å². The molecule has 14 heavy (non-hydrogen) atoms. The number of isothiocyanates is 1. The van der Waals surface area contributed by atoms with Gasteiger partial charge in [0.05, 0.1) is 10.8 Å². The molecule has 0 unspecified atom stereocenters. The summed E-state index contributed by atoms with van der Waals surface area (Å²) in [5, 5.41) is 2.34. The maximum atomic E-state index is 5.49. The van der Waals surface area contributed by atoms with Gasteiger partial charge in [-0.1, -0.05) is 0 Å². The van der Waals surface area contributed by atoms with Gasteiger partial charge in [0.15, 0.2) is 11.5 Å². The standard InChI is InChI=1S/C10H9NO2S/c1-7-8(11-6-14)2-3-9-10(7)13-5-4-12-9/h2-3H,4-5H2,1H3. The Bertz CT molecular complexity index is 411. The van der Waals surface area contributed by atoms with E-state index in [1.165, 1.54) is 0 Å². The second-order valence-electron chi connectivity index (χ2n) is 2.94. The third-order valence-corrected chi connectivity index (χ3v) is 2.19. The van der Waals surface area contributed by atoms with Gasteiger partial charge in [0.2, 0.25) is 0 Å². The smallest absolute Gasteiger partial charge is 0.166 e. The summed E-state index contributed by atoms with van der Waals surface area (Å²) in [6.07, 6.45) is 0. The first-order chi connectivity index (χ1) is 6.83. The Hall–Kier alpha value is -1.38. The molecule has 0 N–H and O–H groups in total. The van der Waals surface area contributed by atoms with E-state index in [0.717, 1.165) is 22.7 Å². The third-order valence-electron chi connectivity index (χ3n) is 2.09. The van der Waals surface area contributed by atoms with Crippen LogP contribution in [0.1, 0.15) is 5.56 Å². The number of thiocarbonyl (C=S) groups is 1. The van der Waals surface area contributed by atoms with E-state index in [1.54, 1.807) is 0 Å². The monoisotopic (exact) mass is 207 g/mol. The minimum absolute atomic E-state index is 0.582. The number of rotatable bonds is 1. The van der Waals surface area contributed by atoms with Crippen LogP contribution in [-0.4, -0.2) is 18.4 Å². The molecule has 72 valence electrons. The van der Waals surface area contributed by atoms with Crippen LogP contribution >= 0.6 is 12.2 Å². The van der Waals surface area contributed by atoms with E-state index in [-0.39, 0.29) is 0 Å². The lowest BCUT2D eigenvalue weighted by Gasteiger charge is -2.20. The van der Waals surface area contributed by atoms with E-state index >= 15 is 0 Å². The lowest BCUT2D eigenvalue weighted by molar-refractivity contribution is 0.170. The van der Waals surface area contributed by atoms with Gasteiger partial charge >= 0.3 is 0 Å². The van der Waals surface area contributed by atoms with E-state index in [9.17, 15) is 0 Å². The average Bonchev–Trinajstić information content (AvgIpc) is 2.23. The number of nitrogens with zero attached hydrogens (tertiary/aromatic N) is 1. The van der Waals surface area contributed by atoms with Gasteiger partial charge in [-0.3, -0.25) is 0 Å². The quantitative estimate of drug-likeness (QED) is 0.523. The van der Waals surface area contributed by atoms with Crippen molar-refractivity contribution in [1.29, 1.82) is 0 Å². The van der Waals surface area contributed by atoms with Gasteiger partial charge in [-0.25, -0.2) is 0 Å². The first kappa shape index (κ1) is 9.19. The first-order valence-electron chi connectivity index (χ1n) is 4.30. The van der Waals surface area contributed by atoms with Gasteiger partial charge in [0, 0.05) is 5.56 Å². The summed E-state index contributed by atoms with van der Waals surface area (Å²) in [4.78, 5) is 3.94. The maximum Gasteiger partial charge on any atom is 0.166 e. The van der Waals surface area contributed by atoms with Crippen LogP contribution in [0.15, 0.2) is 17.1 Å². The Labute approximate surface area is 87.4 Å². The number of aliphatic imine (C=N–C) groups is 1. The fourth-order valence-electron chi connectivity index (χ4n) is 1.42. The summed E-state index contributed by atoms with van der Waals surface area (Å²) in [7, 11) is 0. The molecule has 0 radical (unpaired) electrons. The van der Waals surface area contributed by atoms with Crippen molar-refractivity contribution in [2.75, 3.05) is 13.2 Å². The lowest BCUT2D eigenvalue weighted by atomic mass is 10.1. The molecule has 0 spiro atoms. The molecule has 0 aliphatic carbocycles. The van der Waals surface area contributed by atoms with Crippen molar-refractivity contribution in [3.05, 3.63) is 17.7 Å². The topological polar surface area (TPSA) is 30.8 Å². The van der Waals surface area contributed by atoms with Crippen LogP contribution in [-0.2, 0) is 0 Å². The Balaban J connectivity index is 2.53. The Kier molecular flexibility index (Phi) is 2.48. The predicted octanol–water partition coefficient (Wildman–Crippen LogP) is 2.50. The zero-order valence-corrected chi connectivity index (χ0v) is 8.56. The highest BCUT2D eigenvalue weighted by atomic mass is 32.1. The van der Waals surface area contributed by atoms with E-state index in [4.69, 9.17) is 9.47 Å². The Morgan fingerprint density at radius 1 is 1.36 bits per heavy atom. The van der Waals surface area contributed by atoms with E-state index < -0.39 is 0 Å². The van der Waals surface area contributed by atoms with Gasteiger partial charge < -0.3 is 9.47 Å². The molecule has 1 aromatic rings. The molecule has 0 aromatic heterocycles. The average molecular weight is 207 g/mol. The van der Waals surface area contributed by atoms with Crippen LogP contribution in [0, 0.1) is 6.92 Å². The molecule has 1 aromatic carbocycles. The van der Waals surface area contributed by atoms with E-state index in [1.807, 2.05) is 19.1 Å². The molecule has 1 aliphatic rings. The fraction of sp³-hybridized carbons (Fsp3) is 0.300. The number of fused-ring (bicyclic) bond motifs is 1. The van der Waals surface area contributed by atoms with Crippen LogP contribution in [0.4, 0.5) is 5.69 Å². The summed E-state index contributed by atoms with van der Waals surface area (Å²) in [6.45, 7) is 3.11. The predicted molar refractivity (Wildman–Crippen MR) is 56.9 cm³/mol. The third kappa shape index (κ3) is 1.50. The molecule has 0 atom stereocenters. The van der Waals surface area contributed by atoms with Gasteiger partial charge in [0.25, 0.3) is 0 Å². The van der Waals surface area contributed by atoms with Crippen LogP contribution in [0.3, 0.4) is 0 Å². The molecule has 1 heterocycles. The summed E-state index contributed by atoms with van der Waals surface area (Å²) in [5.41, 5.74) is 1.73. The summed E-state index contributed by atoms with van der Waals surface area (Å²) >= 11 is 4.56. The van der Waals surface area contributed by atoms with Gasteiger partial charge in [-0.05, 0) is 31.3 Å². The molecule has 0 saturated carbocycles. The molecule has 1 aliphatic heterocycles. The minimum Gasteiger partial charge on any atom is -0.486 e. The normalized spacial score (nSPS) is 13.2.